The number of likely N-dealkylation sites (tertiary alicyclic amines) is 1. The molecule has 0 bridgehead atoms. The molecule has 6 heteroatoms. The van der Waals surface area contributed by atoms with Crippen molar-refractivity contribution in [2.45, 2.75) is 6.42 Å². The van der Waals surface area contributed by atoms with Gasteiger partial charge in [-0.1, -0.05) is 11.6 Å². The van der Waals surface area contributed by atoms with Crippen molar-refractivity contribution in [3.05, 3.63) is 17.5 Å². The zero-order valence-electron chi connectivity index (χ0n) is 9.48. The highest BCUT2D eigenvalue weighted by Gasteiger charge is 2.26. The lowest BCUT2D eigenvalue weighted by Crippen LogP contribution is -2.49. The van der Waals surface area contributed by atoms with Crippen LogP contribution in [0.4, 0.5) is 4.39 Å². The fourth-order valence-corrected chi connectivity index (χ4v) is 1.99. The lowest BCUT2D eigenvalue weighted by atomic mass is 10.0. The van der Waals surface area contributed by atoms with Crippen molar-refractivity contribution in [3.63, 3.8) is 0 Å². The molecule has 4 nitrogen and oxygen atoms in total. The van der Waals surface area contributed by atoms with Crippen LogP contribution in [-0.4, -0.2) is 47.8 Å². The topological polar surface area (TPSA) is 38.2 Å². The van der Waals surface area contributed by atoms with Gasteiger partial charge in [-0.3, -0.25) is 9.37 Å². The van der Waals surface area contributed by atoms with Gasteiger partial charge in [-0.25, -0.2) is 0 Å². The third-order valence-electron chi connectivity index (χ3n) is 2.69. The molecule has 0 saturated carbocycles. The molecule has 0 N–H and O–H groups in total. The fourth-order valence-electron chi connectivity index (χ4n) is 1.85. The summed E-state index contributed by atoms with van der Waals surface area (Å²) in [6.07, 6.45) is 3.63. The number of hydrogen-bond donors (Lipinski definition) is 0. The molecule has 0 radical (unpaired) electrons. The van der Waals surface area contributed by atoms with Crippen LogP contribution < -0.4 is 4.74 Å². The first-order valence-electron chi connectivity index (χ1n) is 5.66. The van der Waals surface area contributed by atoms with Gasteiger partial charge in [-0.05, 0) is 6.42 Å². The average molecular weight is 260 g/mol. The molecule has 0 spiro atoms. The van der Waals surface area contributed by atoms with E-state index in [1.54, 1.807) is 6.20 Å². The van der Waals surface area contributed by atoms with E-state index in [1.165, 1.54) is 6.20 Å². The van der Waals surface area contributed by atoms with Crippen molar-refractivity contribution in [2.24, 2.45) is 5.92 Å². The van der Waals surface area contributed by atoms with E-state index in [9.17, 15) is 4.39 Å². The van der Waals surface area contributed by atoms with Crippen molar-refractivity contribution in [3.8, 4) is 5.88 Å². The molecule has 1 aliphatic heterocycles. The van der Waals surface area contributed by atoms with Gasteiger partial charge >= 0.3 is 0 Å². The van der Waals surface area contributed by atoms with Gasteiger partial charge in [0.15, 0.2) is 5.15 Å². The number of alkyl halides is 1. The summed E-state index contributed by atoms with van der Waals surface area (Å²) in [5, 5.41) is 0.334. The lowest BCUT2D eigenvalue weighted by Gasteiger charge is -2.38. The molecular formula is C11H15ClFN3O. The van der Waals surface area contributed by atoms with E-state index >= 15 is 0 Å². The Hall–Kier alpha value is -0.940. The van der Waals surface area contributed by atoms with Crippen LogP contribution in [0.5, 0.6) is 5.88 Å². The summed E-state index contributed by atoms with van der Waals surface area (Å²) in [5.74, 6) is 0.954. The number of nitrogens with zero attached hydrogens (tertiary/aromatic N) is 3. The van der Waals surface area contributed by atoms with Crippen molar-refractivity contribution in [1.29, 1.82) is 0 Å². The van der Waals surface area contributed by atoms with Crippen LogP contribution in [0.2, 0.25) is 5.15 Å². The molecule has 2 rings (SSSR count). The Morgan fingerprint density at radius 1 is 1.47 bits per heavy atom. The molecule has 17 heavy (non-hydrogen) atoms. The summed E-state index contributed by atoms with van der Waals surface area (Å²) in [4.78, 5) is 10.1. The molecule has 0 amide bonds. The Bertz CT molecular complexity index is 360. The molecule has 1 aromatic rings. The van der Waals surface area contributed by atoms with Gasteiger partial charge in [-0.15, -0.1) is 0 Å². The second-order valence-corrected chi connectivity index (χ2v) is 4.55. The van der Waals surface area contributed by atoms with Gasteiger partial charge in [0.25, 0.3) is 0 Å². The molecule has 2 heterocycles. The Balaban J connectivity index is 1.64. The summed E-state index contributed by atoms with van der Waals surface area (Å²) >= 11 is 5.69. The van der Waals surface area contributed by atoms with E-state index in [4.69, 9.17) is 16.3 Å². The molecular weight excluding hydrogens is 245 g/mol. The second-order valence-electron chi connectivity index (χ2n) is 4.16. The first-order valence-corrected chi connectivity index (χ1v) is 6.04. The van der Waals surface area contributed by atoms with Gasteiger partial charge in [0.05, 0.1) is 25.7 Å². The summed E-state index contributed by atoms with van der Waals surface area (Å²) < 4.78 is 17.4. The Morgan fingerprint density at radius 3 is 3.00 bits per heavy atom. The quantitative estimate of drug-likeness (QED) is 0.781. The van der Waals surface area contributed by atoms with E-state index in [1.807, 2.05) is 0 Å². The van der Waals surface area contributed by atoms with Crippen LogP contribution in [0.3, 0.4) is 0 Å². The number of aromatic nitrogens is 2. The van der Waals surface area contributed by atoms with Crippen LogP contribution in [-0.2, 0) is 0 Å². The summed E-state index contributed by atoms with van der Waals surface area (Å²) in [6, 6.07) is 0. The van der Waals surface area contributed by atoms with E-state index in [0.717, 1.165) is 19.6 Å². The summed E-state index contributed by atoms with van der Waals surface area (Å²) in [6.45, 7) is 3.14. The van der Waals surface area contributed by atoms with Crippen LogP contribution >= 0.6 is 11.6 Å². The molecule has 1 aliphatic rings. The minimum absolute atomic E-state index is 0.240. The van der Waals surface area contributed by atoms with E-state index < -0.39 is 0 Å². The van der Waals surface area contributed by atoms with Gasteiger partial charge < -0.3 is 9.64 Å². The normalized spacial score (nSPS) is 16.8. The molecule has 1 fully saturated rings. The van der Waals surface area contributed by atoms with E-state index in [-0.39, 0.29) is 6.67 Å². The highest BCUT2D eigenvalue weighted by atomic mass is 35.5. The zero-order chi connectivity index (χ0) is 12.1. The summed E-state index contributed by atoms with van der Waals surface area (Å²) in [5.41, 5.74) is 0. The average Bonchev–Trinajstić information content (AvgIpc) is 2.26. The molecule has 94 valence electrons. The smallest absolute Gasteiger partial charge is 0.233 e. The monoisotopic (exact) mass is 259 g/mol. The molecule has 0 atom stereocenters. The predicted molar refractivity (Wildman–Crippen MR) is 63.1 cm³/mol. The van der Waals surface area contributed by atoms with Gasteiger partial charge in [0, 0.05) is 25.6 Å². The fraction of sp³-hybridized carbons (Fsp3) is 0.636. The third kappa shape index (κ3) is 3.78. The van der Waals surface area contributed by atoms with Crippen LogP contribution in [0, 0.1) is 5.92 Å². The maximum atomic E-state index is 11.9. The Kier molecular flexibility index (Phi) is 4.50. The van der Waals surface area contributed by atoms with Gasteiger partial charge in [0.1, 0.15) is 0 Å². The van der Waals surface area contributed by atoms with Gasteiger partial charge in [0.2, 0.25) is 5.88 Å². The highest BCUT2D eigenvalue weighted by Crippen LogP contribution is 2.17. The maximum absolute atomic E-state index is 11.9. The number of hydrogen-bond acceptors (Lipinski definition) is 4. The SMILES string of the molecule is FCCCN1CC(COc2cncc(Cl)n2)C1. The molecule has 0 unspecified atom stereocenters. The molecule has 0 aromatic carbocycles. The molecule has 0 aliphatic carbocycles. The number of ether oxygens (including phenoxy) is 1. The van der Waals surface area contributed by atoms with Crippen molar-refractivity contribution in [2.75, 3.05) is 32.9 Å². The zero-order valence-corrected chi connectivity index (χ0v) is 10.2. The van der Waals surface area contributed by atoms with E-state index in [2.05, 4.69) is 14.9 Å². The standard InChI is InChI=1S/C11H15ClFN3O/c12-10-4-14-5-11(15-10)17-8-9-6-16(7-9)3-1-2-13/h4-5,9H,1-3,6-8H2. The Labute approximate surface area is 105 Å². The van der Waals surface area contributed by atoms with Crippen molar-refractivity contribution >= 4 is 11.6 Å². The largest absolute Gasteiger partial charge is 0.476 e. The first kappa shape index (κ1) is 12.5. The van der Waals surface area contributed by atoms with E-state index in [0.29, 0.717) is 30.0 Å². The minimum atomic E-state index is -0.240. The highest BCUT2D eigenvalue weighted by molar-refractivity contribution is 6.29. The van der Waals surface area contributed by atoms with Crippen molar-refractivity contribution in [1.82, 2.24) is 14.9 Å². The maximum Gasteiger partial charge on any atom is 0.233 e. The second kappa shape index (κ2) is 6.12. The Morgan fingerprint density at radius 2 is 2.29 bits per heavy atom. The van der Waals surface area contributed by atoms with Crippen LogP contribution in [0.25, 0.3) is 0 Å². The number of halogens is 2. The molecule has 1 saturated heterocycles. The third-order valence-corrected chi connectivity index (χ3v) is 2.87. The lowest BCUT2D eigenvalue weighted by molar-refractivity contribution is 0.0583. The minimum Gasteiger partial charge on any atom is -0.476 e. The molecule has 1 aromatic heterocycles. The van der Waals surface area contributed by atoms with Crippen LogP contribution in [0.15, 0.2) is 12.4 Å². The summed E-state index contributed by atoms with van der Waals surface area (Å²) in [7, 11) is 0. The van der Waals surface area contributed by atoms with Crippen molar-refractivity contribution < 1.29 is 9.13 Å². The van der Waals surface area contributed by atoms with Crippen LogP contribution in [0.1, 0.15) is 6.42 Å². The first-order chi connectivity index (χ1) is 8.28. The number of rotatable bonds is 6. The predicted octanol–water partition coefficient (Wildman–Crippen LogP) is 1.80. The van der Waals surface area contributed by atoms with Gasteiger partial charge in [-0.2, -0.15) is 4.98 Å².